The molecule has 0 heterocycles. The maximum absolute atomic E-state index is 13.2. The van der Waals surface area contributed by atoms with Crippen LogP contribution in [0.2, 0.25) is 0 Å². The number of hydrogen-bond donors (Lipinski definition) is 4. The largest absolute Gasteiger partial charge is 0.511 e. The molecule has 0 saturated carbocycles. The summed E-state index contributed by atoms with van der Waals surface area (Å²) >= 11 is 4.79. The summed E-state index contributed by atoms with van der Waals surface area (Å²) < 4.78 is -1.06. The summed E-state index contributed by atoms with van der Waals surface area (Å²) in [5.74, 6) is -0.0351. The summed E-state index contributed by atoms with van der Waals surface area (Å²) in [6, 6.07) is 3.69. The molecule has 146 valence electrons. The Morgan fingerprint density at radius 2 is 2.07 bits per heavy atom. The van der Waals surface area contributed by atoms with E-state index in [0.29, 0.717) is 12.8 Å². The van der Waals surface area contributed by atoms with Gasteiger partial charge in [0.05, 0.1) is 10.3 Å². The van der Waals surface area contributed by atoms with E-state index in [1.165, 1.54) is 5.56 Å². The number of hydrogen-bond acceptors (Lipinski definition) is 5. The molecule has 1 aromatic carbocycles. The highest BCUT2D eigenvalue weighted by Crippen LogP contribution is 2.54. The van der Waals surface area contributed by atoms with E-state index in [0.717, 1.165) is 35.1 Å². The number of aryl methyl sites for hydroxylation is 1. The lowest BCUT2D eigenvalue weighted by Gasteiger charge is -2.46. The summed E-state index contributed by atoms with van der Waals surface area (Å²) in [4.78, 5) is 13.2. The molecule has 0 aromatic heterocycles. The van der Waals surface area contributed by atoms with Crippen molar-refractivity contribution in [3.05, 3.63) is 70.7 Å². The summed E-state index contributed by atoms with van der Waals surface area (Å²) in [6.45, 7) is 10.0. The zero-order chi connectivity index (χ0) is 20.4. The Hall–Kier alpha value is -2.40. The van der Waals surface area contributed by atoms with Gasteiger partial charge in [-0.25, -0.2) is 0 Å². The number of ketones is 1. The predicted octanol–water partition coefficient (Wildman–Crippen LogP) is 4.01. The van der Waals surface area contributed by atoms with Gasteiger partial charge in [0.1, 0.15) is 11.5 Å². The topological polar surface area (TPSA) is 83.6 Å². The number of aromatic hydroxyl groups is 1. The summed E-state index contributed by atoms with van der Waals surface area (Å²) in [5.41, 5.74) is 10.7. The number of fused-ring (bicyclic) bond motifs is 3. The molecule has 2 unspecified atom stereocenters. The summed E-state index contributed by atoms with van der Waals surface area (Å²) in [6.07, 6.45) is 4.61. The fraction of sp³-hybridized carbons (Fsp3) is 0.348. The molecule has 0 saturated heterocycles. The molecular weight excluding hydrogens is 370 g/mol. The molecule has 4 rings (SSSR count). The maximum atomic E-state index is 13.2. The fourth-order valence-corrected chi connectivity index (χ4v) is 5.56. The fourth-order valence-electron chi connectivity index (χ4n) is 5.11. The zero-order valence-corrected chi connectivity index (χ0v) is 16.9. The van der Waals surface area contributed by atoms with Gasteiger partial charge in [0.15, 0.2) is 5.78 Å². The van der Waals surface area contributed by atoms with Crippen molar-refractivity contribution in [2.75, 3.05) is 0 Å². The third-order valence-electron chi connectivity index (χ3n) is 6.52. The van der Waals surface area contributed by atoms with Gasteiger partial charge in [0.25, 0.3) is 0 Å². The van der Waals surface area contributed by atoms with Crippen LogP contribution in [0, 0.1) is 11.8 Å². The van der Waals surface area contributed by atoms with Gasteiger partial charge in [-0.15, -0.1) is 0 Å². The molecule has 0 bridgehead atoms. The molecule has 4 N–H and O–H groups in total. The van der Waals surface area contributed by atoms with E-state index in [9.17, 15) is 15.0 Å². The number of rotatable bonds is 2. The van der Waals surface area contributed by atoms with Crippen molar-refractivity contribution in [2.24, 2.45) is 17.6 Å². The molecule has 0 amide bonds. The summed E-state index contributed by atoms with van der Waals surface area (Å²) in [7, 11) is 0. The van der Waals surface area contributed by atoms with Gasteiger partial charge < -0.3 is 15.9 Å². The molecule has 0 fully saturated rings. The first-order valence-corrected chi connectivity index (χ1v) is 10.0. The minimum atomic E-state index is -1.06. The number of aliphatic hydroxyl groups excluding tert-OH is 1. The van der Waals surface area contributed by atoms with Crippen LogP contribution in [-0.2, 0) is 17.6 Å². The number of thiol groups is 1. The van der Waals surface area contributed by atoms with Gasteiger partial charge in [-0.1, -0.05) is 32.2 Å². The Bertz CT molecular complexity index is 1000. The van der Waals surface area contributed by atoms with Crippen LogP contribution in [0.5, 0.6) is 5.75 Å². The van der Waals surface area contributed by atoms with Gasteiger partial charge in [0.2, 0.25) is 0 Å². The lowest BCUT2D eigenvalue weighted by molar-refractivity contribution is -0.118. The van der Waals surface area contributed by atoms with Crippen molar-refractivity contribution in [2.45, 2.75) is 37.4 Å². The Labute approximate surface area is 170 Å². The number of phenols is 1. The van der Waals surface area contributed by atoms with Crippen molar-refractivity contribution < 1.29 is 15.0 Å². The average molecular weight is 396 g/mol. The molecule has 3 atom stereocenters. The Morgan fingerprint density at radius 3 is 2.71 bits per heavy atom. The van der Waals surface area contributed by atoms with Crippen LogP contribution in [0.15, 0.2) is 54.0 Å². The first-order chi connectivity index (χ1) is 13.2. The lowest BCUT2D eigenvalue weighted by Crippen LogP contribution is -2.48. The second kappa shape index (κ2) is 6.31. The number of nitrogens with two attached hydrogens (primary N) is 1. The van der Waals surface area contributed by atoms with E-state index in [-0.39, 0.29) is 40.4 Å². The Balaban J connectivity index is 1.85. The van der Waals surface area contributed by atoms with E-state index < -0.39 is 4.75 Å². The van der Waals surface area contributed by atoms with E-state index in [2.05, 4.69) is 20.1 Å². The van der Waals surface area contributed by atoms with Crippen molar-refractivity contribution in [1.82, 2.24) is 0 Å². The van der Waals surface area contributed by atoms with Crippen LogP contribution in [-0.4, -0.2) is 20.7 Å². The van der Waals surface area contributed by atoms with Crippen molar-refractivity contribution in [3.63, 3.8) is 0 Å². The van der Waals surface area contributed by atoms with Gasteiger partial charge in [-0.2, -0.15) is 12.6 Å². The van der Waals surface area contributed by atoms with Gasteiger partial charge in [0, 0.05) is 17.7 Å². The van der Waals surface area contributed by atoms with E-state index in [1.54, 1.807) is 6.07 Å². The highest BCUT2D eigenvalue weighted by molar-refractivity contribution is 7.83. The van der Waals surface area contributed by atoms with Crippen LogP contribution in [0.3, 0.4) is 0 Å². The molecule has 4 nitrogen and oxygen atoms in total. The normalized spacial score (nSPS) is 29.0. The van der Waals surface area contributed by atoms with Crippen LogP contribution < -0.4 is 5.73 Å². The molecule has 0 spiro atoms. The van der Waals surface area contributed by atoms with Crippen molar-refractivity contribution in [3.8, 4) is 5.75 Å². The molecule has 28 heavy (non-hydrogen) atoms. The third-order valence-corrected chi connectivity index (χ3v) is 7.21. The van der Waals surface area contributed by atoms with Gasteiger partial charge >= 0.3 is 0 Å². The second-order valence-electron chi connectivity index (χ2n) is 8.07. The van der Waals surface area contributed by atoms with Crippen LogP contribution in [0.1, 0.15) is 36.5 Å². The maximum Gasteiger partial charge on any atom is 0.188 e. The Kier molecular flexibility index (Phi) is 4.27. The van der Waals surface area contributed by atoms with Crippen LogP contribution in [0.25, 0.3) is 5.57 Å². The molecule has 5 heteroatoms. The lowest BCUT2D eigenvalue weighted by atomic mass is 9.62. The first kappa shape index (κ1) is 18.9. The smallest absolute Gasteiger partial charge is 0.188 e. The molecular formula is C23H25NO3S. The predicted molar refractivity (Wildman–Crippen MR) is 114 cm³/mol. The standard InChI is InChI=1S/C23H25NO3S/c1-4-13-5-6-18(25)20-11(2)17-10-23(28)15(7-14(17)8-16(13)20)9-19(26)21(12(3)24)22(23)27/h5-6,10,14-15,25-26,28H,2-4,7-9,24H2,1H3/t14?,15?,23-/m1/s1. The SMILES string of the molecule is C=C(N)C1=C(O)CC2CC3Cc4c(CC)ccc(O)c4C(=C)C3=C[C@]2(S)C1=O. The number of phenolic OH excluding ortho intramolecular Hbond substituents is 1. The van der Waals surface area contributed by atoms with Crippen LogP contribution in [0.4, 0.5) is 0 Å². The summed E-state index contributed by atoms with van der Waals surface area (Å²) in [5, 5.41) is 20.9. The van der Waals surface area contributed by atoms with E-state index in [1.807, 2.05) is 12.1 Å². The number of allylic oxidation sites excluding steroid dienone is 4. The number of benzene rings is 1. The number of carbonyl (C=O) groups excluding carboxylic acids is 1. The average Bonchev–Trinajstić information content (AvgIpc) is 2.62. The van der Waals surface area contributed by atoms with Crippen LogP contribution >= 0.6 is 12.6 Å². The third kappa shape index (κ3) is 2.49. The molecule has 3 aliphatic carbocycles. The monoisotopic (exact) mass is 395 g/mol. The number of Topliss-reactive ketones (excluding diaryl/α,β-unsaturated/α-hetero) is 1. The quantitative estimate of drug-likeness (QED) is 0.570. The Morgan fingerprint density at radius 1 is 1.36 bits per heavy atom. The molecule has 0 aliphatic heterocycles. The van der Waals surface area contributed by atoms with Gasteiger partial charge in [-0.05, 0) is 59.4 Å². The molecule has 1 aromatic rings. The highest BCUT2D eigenvalue weighted by atomic mass is 32.1. The minimum absolute atomic E-state index is 0.00551. The highest BCUT2D eigenvalue weighted by Gasteiger charge is 2.52. The number of carbonyl (C=O) groups is 1. The van der Waals surface area contributed by atoms with E-state index >= 15 is 0 Å². The first-order valence-electron chi connectivity index (χ1n) is 9.59. The molecule has 0 radical (unpaired) electrons. The minimum Gasteiger partial charge on any atom is -0.511 e. The van der Waals surface area contributed by atoms with Crippen molar-refractivity contribution in [1.29, 1.82) is 0 Å². The van der Waals surface area contributed by atoms with Crippen molar-refractivity contribution >= 4 is 24.0 Å². The van der Waals surface area contributed by atoms with E-state index in [4.69, 9.17) is 18.4 Å². The molecule has 3 aliphatic rings. The number of aliphatic hydroxyl groups is 1. The zero-order valence-electron chi connectivity index (χ0n) is 16.0. The van der Waals surface area contributed by atoms with Gasteiger partial charge in [-0.3, -0.25) is 4.79 Å². The second-order valence-corrected chi connectivity index (χ2v) is 8.81.